The number of rotatable bonds is 2. The van der Waals surface area contributed by atoms with Crippen LogP contribution in [0.4, 0.5) is 0 Å². The molecule has 0 amide bonds. The van der Waals surface area contributed by atoms with Gasteiger partial charge in [0.2, 0.25) is 0 Å². The molecule has 1 aromatic heterocycles. The van der Waals surface area contributed by atoms with E-state index in [1.165, 1.54) is 17.0 Å². The van der Waals surface area contributed by atoms with Gasteiger partial charge in [0.1, 0.15) is 5.01 Å². The van der Waals surface area contributed by atoms with Gasteiger partial charge in [0.05, 0.1) is 15.7 Å². The third-order valence-electron chi connectivity index (χ3n) is 3.52. The van der Waals surface area contributed by atoms with Gasteiger partial charge in [0, 0.05) is 22.9 Å². The first-order valence-electron chi connectivity index (χ1n) is 6.34. The molecule has 0 saturated heterocycles. The van der Waals surface area contributed by atoms with E-state index in [9.17, 15) is 0 Å². The van der Waals surface area contributed by atoms with Gasteiger partial charge in [-0.15, -0.1) is 11.3 Å². The predicted octanol–water partition coefficient (Wildman–Crippen LogP) is 4.50. The van der Waals surface area contributed by atoms with E-state index in [1.807, 2.05) is 18.2 Å². The van der Waals surface area contributed by atoms with Crippen LogP contribution in [-0.4, -0.2) is 11.5 Å². The fourth-order valence-electron chi connectivity index (χ4n) is 2.49. The first kappa shape index (κ1) is 13.4. The second-order valence-corrected chi connectivity index (χ2v) is 6.68. The number of hydrogen-bond acceptors (Lipinski definition) is 3. The summed E-state index contributed by atoms with van der Waals surface area (Å²) in [5, 5.41) is 2.17. The molecule has 0 fully saturated rings. The molecule has 1 aliphatic rings. The summed E-state index contributed by atoms with van der Waals surface area (Å²) in [5.74, 6) is 0.413. The third kappa shape index (κ3) is 2.52. The number of aryl methyl sites for hydroxylation is 1. The largest absolute Gasteiger partial charge is 0.330 e. The van der Waals surface area contributed by atoms with E-state index in [4.69, 9.17) is 33.9 Å². The summed E-state index contributed by atoms with van der Waals surface area (Å²) < 4.78 is 0. The normalized spacial score (nSPS) is 18.4. The van der Waals surface area contributed by atoms with Gasteiger partial charge in [-0.05, 0) is 31.4 Å². The van der Waals surface area contributed by atoms with Crippen molar-refractivity contribution in [2.45, 2.75) is 25.2 Å². The number of fused-ring (bicyclic) bond motifs is 1. The van der Waals surface area contributed by atoms with E-state index in [2.05, 4.69) is 0 Å². The number of halogens is 2. The van der Waals surface area contributed by atoms with Crippen molar-refractivity contribution in [3.63, 3.8) is 0 Å². The first-order chi connectivity index (χ1) is 9.19. The van der Waals surface area contributed by atoms with Crippen molar-refractivity contribution >= 4 is 34.5 Å². The zero-order valence-electron chi connectivity index (χ0n) is 10.3. The zero-order chi connectivity index (χ0) is 13.4. The van der Waals surface area contributed by atoms with Crippen molar-refractivity contribution < 1.29 is 0 Å². The minimum atomic E-state index is 0.413. The van der Waals surface area contributed by atoms with E-state index in [0.29, 0.717) is 22.5 Å². The van der Waals surface area contributed by atoms with Crippen LogP contribution in [0.5, 0.6) is 0 Å². The van der Waals surface area contributed by atoms with Crippen LogP contribution < -0.4 is 5.73 Å². The maximum absolute atomic E-state index is 6.07. The average Bonchev–Trinajstić information content (AvgIpc) is 2.85. The zero-order valence-corrected chi connectivity index (χ0v) is 12.7. The van der Waals surface area contributed by atoms with Crippen molar-refractivity contribution in [1.82, 2.24) is 4.98 Å². The van der Waals surface area contributed by atoms with Crippen molar-refractivity contribution in [3.8, 4) is 10.6 Å². The van der Waals surface area contributed by atoms with E-state index < -0.39 is 0 Å². The molecule has 100 valence electrons. The molecular weight excluding hydrogens is 299 g/mol. The highest BCUT2D eigenvalue weighted by molar-refractivity contribution is 7.15. The SMILES string of the molecule is NCC1CCCc2sc(-c3ccc(Cl)c(Cl)c3)nc21. The molecule has 0 bridgehead atoms. The van der Waals surface area contributed by atoms with Gasteiger partial charge in [0.25, 0.3) is 0 Å². The number of benzene rings is 1. The summed E-state index contributed by atoms with van der Waals surface area (Å²) in [6.45, 7) is 0.678. The topological polar surface area (TPSA) is 38.9 Å². The molecule has 2 nitrogen and oxygen atoms in total. The molecule has 0 aliphatic heterocycles. The smallest absolute Gasteiger partial charge is 0.123 e. The molecule has 19 heavy (non-hydrogen) atoms. The second-order valence-electron chi connectivity index (χ2n) is 4.78. The van der Waals surface area contributed by atoms with Crippen LogP contribution >= 0.6 is 34.5 Å². The molecular formula is C14H14Cl2N2S. The summed E-state index contributed by atoms with van der Waals surface area (Å²) in [5.41, 5.74) is 8.06. The van der Waals surface area contributed by atoms with Crippen molar-refractivity contribution in [3.05, 3.63) is 38.8 Å². The third-order valence-corrected chi connectivity index (χ3v) is 5.44. The molecule has 3 rings (SSSR count). The van der Waals surface area contributed by atoms with Gasteiger partial charge in [0.15, 0.2) is 0 Å². The fourth-order valence-corrected chi connectivity index (χ4v) is 3.97. The van der Waals surface area contributed by atoms with Crippen LogP contribution in [0.3, 0.4) is 0 Å². The van der Waals surface area contributed by atoms with Gasteiger partial charge in [-0.1, -0.05) is 29.3 Å². The van der Waals surface area contributed by atoms with Gasteiger partial charge in [-0.2, -0.15) is 0 Å². The highest BCUT2D eigenvalue weighted by Crippen LogP contribution is 2.38. The Kier molecular flexibility index (Phi) is 3.81. The number of aromatic nitrogens is 1. The minimum absolute atomic E-state index is 0.413. The van der Waals surface area contributed by atoms with Gasteiger partial charge < -0.3 is 5.73 Å². The Labute approximate surface area is 126 Å². The van der Waals surface area contributed by atoms with Crippen LogP contribution in [-0.2, 0) is 6.42 Å². The molecule has 2 N–H and O–H groups in total. The monoisotopic (exact) mass is 312 g/mol. The Morgan fingerprint density at radius 2 is 2.16 bits per heavy atom. The van der Waals surface area contributed by atoms with Crippen molar-refractivity contribution in [1.29, 1.82) is 0 Å². The Bertz CT molecular complexity index is 609. The maximum atomic E-state index is 6.07. The summed E-state index contributed by atoms with van der Waals surface area (Å²) in [6, 6.07) is 5.67. The number of nitrogens with zero attached hydrogens (tertiary/aromatic N) is 1. The Balaban J connectivity index is 2.02. The van der Waals surface area contributed by atoms with Crippen molar-refractivity contribution in [2.24, 2.45) is 5.73 Å². The van der Waals surface area contributed by atoms with E-state index in [-0.39, 0.29) is 0 Å². The number of nitrogens with two attached hydrogens (primary N) is 1. The molecule has 0 radical (unpaired) electrons. The second kappa shape index (κ2) is 5.41. The van der Waals surface area contributed by atoms with Crippen LogP contribution in [0.2, 0.25) is 10.0 Å². The highest BCUT2D eigenvalue weighted by Gasteiger charge is 2.24. The van der Waals surface area contributed by atoms with Crippen molar-refractivity contribution in [2.75, 3.05) is 6.54 Å². The molecule has 1 aliphatic carbocycles. The van der Waals surface area contributed by atoms with Gasteiger partial charge in [-0.25, -0.2) is 4.98 Å². The fraction of sp³-hybridized carbons (Fsp3) is 0.357. The van der Waals surface area contributed by atoms with Crippen LogP contribution in [0.1, 0.15) is 29.3 Å². The first-order valence-corrected chi connectivity index (χ1v) is 7.91. The average molecular weight is 313 g/mol. The molecule has 1 unspecified atom stereocenters. The summed E-state index contributed by atoms with van der Waals surface area (Å²) >= 11 is 13.8. The standard InChI is InChI=1S/C14H14Cl2N2S/c15-10-5-4-8(6-11(10)16)14-18-13-9(7-17)2-1-3-12(13)19-14/h4-6,9H,1-3,7,17H2. The molecule has 0 spiro atoms. The molecule has 1 heterocycles. The Morgan fingerprint density at radius 3 is 2.89 bits per heavy atom. The minimum Gasteiger partial charge on any atom is -0.330 e. The van der Waals surface area contributed by atoms with E-state index >= 15 is 0 Å². The summed E-state index contributed by atoms with van der Waals surface area (Å²) in [7, 11) is 0. The highest BCUT2D eigenvalue weighted by atomic mass is 35.5. The molecule has 1 atom stereocenters. The quantitative estimate of drug-likeness (QED) is 0.887. The Hall–Kier alpha value is -0.610. The van der Waals surface area contributed by atoms with Crippen LogP contribution in [0.25, 0.3) is 10.6 Å². The Morgan fingerprint density at radius 1 is 1.32 bits per heavy atom. The molecule has 0 saturated carbocycles. The number of thiazole rings is 1. The van der Waals surface area contributed by atoms with Gasteiger partial charge in [-0.3, -0.25) is 0 Å². The van der Waals surface area contributed by atoms with E-state index in [0.717, 1.165) is 23.4 Å². The van der Waals surface area contributed by atoms with Gasteiger partial charge >= 0.3 is 0 Å². The molecule has 2 aromatic rings. The molecule has 1 aromatic carbocycles. The van der Waals surface area contributed by atoms with E-state index in [1.54, 1.807) is 11.3 Å². The predicted molar refractivity (Wildman–Crippen MR) is 82.3 cm³/mol. The maximum Gasteiger partial charge on any atom is 0.123 e. The lowest BCUT2D eigenvalue weighted by Gasteiger charge is -2.18. The van der Waals surface area contributed by atoms with Crippen LogP contribution in [0, 0.1) is 0 Å². The molecule has 5 heteroatoms. The lowest BCUT2D eigenvalue weighted by molar-refractivity contribution is 0.554. The summed E-state index contributed by atoms with van der Waals surface area (Å²) in [6.07, 6.45) is 3.47. The lowest BCUT2D eigenvalue weighted by atomic mass is 9.91. The lowest BCUT2D eigenvalue weighted by Crippen LogP contribution is -2.17. The number of hydrogen-bond donors (Lipinski definition) is 1. The summed E-state index contributed by atoms with van der Waals surface area (Å²) in [4.78, 5) is 6.16. The van der Waals surface area contributed by atoms with Crippen LogP contribution in [0.15, 0.2) is 18.2 Å².